The van der Waals surface area contributed by atoms with E-state index in [2.05, 4.69) is 4.74 Å². The second-order valence-corrected chi connectivity index (χ2v) is 7.18. The number of nitrogens with zero attached hydrogens (tertiary/aromatic N) is 1. The van der Waals surface area contributed by atoms with Crippen LogP contribution >= 0.6 is 0 Å². The summed E-state index contributed by atoms with van der Waals surface area (Å²) >= 11 is 0. The summed E-state index contributed by atoms with van der Waals surface area (Å²) < 4.78 is 74.7. The van der Waals surface area contributed by atoms with Gasteiger partial charge in [0, 0.05) is 24.2 Å². The molecule has 0 amide bonds. The Kier molecular flexibility index (Phi) is 4.41. The first-order valence-corrected chi connectivity index (χ1v) is 8.54. The molecule has 130 valence electrons. The lowest BCUT2D eigenvalue weighted by Crippen LogP contribution is -2.51. The van der Waals surface area contributed by atoms with Crippen LogP contribution in [0.4, 0.5) is 13.2 Å². The summed E-state index contributed by atoms with van der Waals surface area (Å²) in [6.45, 7) is -1.20. The van der Waals surface area contributed by atoms with Crippen LogP contribution in [0.1, 0.15) is 0 Å². The summed E-state index contributed by atoms with van der Waals surface area (Å²) in [5, 5.41) is 0. The summed E-state index contributed by atoms with van der Waals surface area (Å²) in [6.07, 6.45) is -3.96. The first-order chi connectivity index (χ1) is 11.3. The summed E-state index contributed by atoms with van der Waals surface area (Å²) in [7, 11) is -4.10. The van der Waals surface area contributed by atoms with E-state index >= 15 is 0 Å². The van der Waals surface area contributed by atoms with Crippen LogP contribution in [0.2, 0.25) is 0 Å². The van der Waals surface area contributed by atoms with Gasteiger partial charge in [0.15, 0.2) is 6.10 Å². The topological polar surface area (TPSA) is 59.8 Å². The third-order valence-electron chi connectivity index (χ3n) is 3.73. The van der Waals surface area contributed by atoms with Gasteiger partial charge in [0.25, 0.3) is 0 Å². The largest absolute Gasteiger partial charge is 0.472 e. The minimum absolute atomic E-state index is 0.0609. The third-order valence-corrected chi connectivity index (χ3v) is 5.65. The molecule has 24 heavy (non-hydrogen) atoms. The van der Waals surface area contributed by atoms with Crippen molar-refractivity contribution in [2.75, 3.05) is 19.7 Å². The summed E-state index contributed by atoms with van der Waals surface area (Å²) in [4.78, 5) is -0.0609. The van der Waals surface area contributed by atoms with Gasteiger partial charge in [-0.1, -0.05) is 18.2 Å². The Hall–Kier alpha value is -1.84. The van der Waals surface area contributed by atoms with Gasteiger partial charge >= 0.3 is 6.18 Å². The van der Waals surface area contributed by atoms with E-state index < -0.39 is 28.8 Å². The minimum atomic E-state index is -4.61. The first kappa shape index (κ1) is 17.0. The normalized spacial score (nSPS) is 20.2. The number of morpholine rings is 1. The van der Waals surface area contributed by atoms with Crippen LogP contribution in [0, 0.1) is 0 Å². The molecular formula is C15H14F3NO4S. The van der Waals surface area contributed by atoms with E-state index in [1.165, 1.54) is 24.7 Å². The molecule has 1 fully saturated rings. The maximum atomic E-state index is 12.8. The standard InChI is InChI=1S/C15H14F3NO4S/c16-15(17,18)14-9-19(6-8-23-14)24(20,21)13-4-2-1-3-12(13)11-5-7-22-10-11/h1-5,7,10,14H,6,8-9H2. The smallest absolute Gasteiger partial charge is 0.415 e. The monoisotopic (exact) mass is 361 g/mol. The molecule has 1 aromatic carbocycles. The van der Waals surface area contributed by atoms with E-state index in [1.54, 1.807) is 18.2 Å². The Bertz CT molecular complexity index is 802. The lowest BCUT2D eigenvalue weighted by atomic mass is 10.1. The molecular weight excluding hydrogens is 347 g/mol. The van der Waals surface area contributed by atoms with E-state index in [4.69, 9.17) is 4.42 Å². The summed E-state index contributed by atoms with van der Waals surface area (Å²) in [6, 6.07) is 7.72. The number of alkyl halides is 3. The van der Waals surface area contributed by atoms with Gasteiger partial charge in [-0.3, -0.25) is 0 Å². The Morgan fingerprint density at radius 2 is 1.92 bits per heavy atom. The van der Waals surface area contributed by atoms with Gasteiger partial charge in [0.1, 0.15) is 0 Å². The SMILES string of the molecule is O=S(=O)(c1ccccc1-c1ccoc1)N1CCOC(C(F)(F)F)C1. The highest BCUT2D eigenvalue weighted by Gasteiger charge is 2.46. The number of halogens is 3. The second-order valence-electron chi connectivity index (χ2n) is 5.27. The van der Waals surface area contributed by atoms with Gasteiger partial charge in [-0.15, -0.1) is 0 Å². The lowest BCUT2D eigenvalue weighted by Gasteiger charge is -2.33. The predicted octanol–water partition coefficient (Wildman–Crippen LogP) is 2.90. The zero-order chi connectivity index (χ0) is 17.4. The Morgan fingerprint density at radius 3 is 2.58 bits per heavy atom. The quantitative estimate of drug-likeness (QED) is 0.844. The molecule has 1 saturated heterocycles. The molecule has 2 heterocycles. The Morgan fingerprint density at radius 1 is 1.17 bits per heavy atom. The highest BCUT2D eigenvalue weighted by molar-refractivity contribution is 7.89. The van der Waals surface area contributed by atoms with E-state index in [-0.39, 0.29) is 18.0 Å². The van der Waals surface area contributed by atoms with E-state index in [0.29, 0.717) is 11.1 Å². The fourth-order valence-electron chi connectivity index (χ4n) is 2.53. The van der Waals surface area contributed by atoms with Crippen molar-refractivity contribution in [3.8, 4) is 11.1 Å². The molecule has 0 bridgehead atoms. The molecule has 1 unspecified atom stereocenters. The summed E-state index contributed by atoms with van der Waals surface area (Å²) in [5.41, 5.74) is 0.913. The van der Waals surface area contributed by atoms with Crippen molar-refractivity contribution >= 4 is 10.0 Å². The van der Waals surface area contributed by atoms with Gasteiger partial charge < -0.3 is 9.15 Å². The Labute approximate surface area is 136 Å². The average Bonchev–Trinajstić information content (AvgIpc) is 3.08. The number of hydrogen-bond donors (Lipinski definition) is 0. The van der Waals surface area contributed by atoms with E-state index in [1.807, 2.05) is 0 Å². The highest BCUT2D eigenvalue weighted by atomic mass is 32.2. The van der Waals surface area contributed by atoms with Gasteiger partial charge in [-0.2, -0.15) is 17.5 Å². The molecule has 1 aromatic heterocycles. The first-order valence-electron chi connectivity index (χ1n) is 7.10. The van der Waals surface area contributed by atoms with Gasteiger partial charge in [0.2, 0.25) is 10.0 Å². The fraction of sp³-hybridized carbons (Fsp3) is 0.333. The predicted molar refractivity (Wildman–Crippen MR) is 78.7 cm³/mol. The number of ether oxygens (including phenoxy) is 1. The van der Waals surface area contributed by atoms with Crippen LogP contribution < -0.4 is 0 Å². The maximum absolute atomic E-state index is 12.8. The summed E-state index contributed by atoms with van der Waals surface area (Å²) in [5.74, 6) is 0. The third kappa shape index (κ3) is 3.19. The van der Waals surface area contributed by atoms with Gasteiger partial charge in [-0.25, -0.2) is 8.42 Å². The molecule has 3 rings (SSSR count). The average molecular weight is 361 g/mol. The van der Waals surface area contributed by atoms with Crippen LogP contribution in [-0.4, -0.2) is 44.7 Å². The molecule has 1 atom stereocenters. The van der Waals surface area contributed by atoms with E-state index in [0.717, 1.165) is 4.31 Å². The molecule has 0 radical (unpaired) electrons. The second kappa shape index (κ2) is 6.23. The molecule has 0 aliphatic carbocycles. The molecule has 5 nitrogen and oxygen atoms in total. The van der Waals surface area contributed by atoms with Crippen molar-refractivity contribution in [1.82, 2.24) is 4.31 Å². The lowest BCUT2D eigenvalue weighted by molar-refractivity contribution is -0.231. The van der Waals surface area contributed by atoms with Crippen LogP contribution in [0.5, 0.6) is 0 Å². The van der Waals surface area contributed by atoms with Crippen molar-refractivity contribution in [3.05, 3.63) is 42.9 Å². The number of rotatable bonds is 3. The van der Waals surface area contributed by atoms with Crippen molar-refractivity contribution in [3.63, 3.8) is 0 Å². The minimum Gasteiger partial charge on any atom is -0.472 e. The van der Waals surface area contributed by atoms with E-state index in [9.17, 15) is 21.6 Å². The fourth-order valence-corrected chi connectivity index (χ4v) is 4.17. The van der Waals surface area contributed by atoms with Crippen LogP contribution in [0.15, 0.2) is 52.2 Å². The van der Waals surface area contributed by atoms with Crippen LogP contribution in [-0.2, 0) is 14.8 Å². The van der Waals surface area contributed by atoms with Crippen molar-refractivity contribution in [2.45, 2.75) is 17.2 Å². The van der Waals surface area contributed by atoms with Crippen molar-refractivity contribution in [1.29, 1.82) is 0 Å². The molecule has 1 aliphatic heterocycles. The van der Waals surface area contributed by atoms with Crippen molar-refractivity contribution in [2.24, 2.45) is 0 Å². The van der Waals surface area contributed by atoms with Crippen LogP contribution in [0.3, 0.4) is 0 Å². The Balaban J connectivity index is 1.97. The molecule has 0 spiro atoms. The van der Waals surface area contributed by atoms with Crippen molar-refractivity contribution < 1.29 is 30.7 Å². The molecule has 0 saturated carbocycles. The maximum Gasteiger partial charge on any atom is 0.415 e. The molecule has 0 N–H and O–H groups in total. The number of furan rings is 1. The highest BCUT2D eigenvalue weighted by Crippen LogP contribution is 2.32. The molecule has 2 aromatic rings. The van der Waals surface area contributed by atoms with Crippen LogP contribution in [0.25, 0.3) is 11.1 Å². The van der Waals surface area contributed by atoms with Gasteiger partial charge in [-0.05, 0) is 12.1 Å². The van der Waals surface area contributed by atoms with Gasteiger partial charge in [0.05, 0.1) is 24.0 Å². The number of sulfonamides is 1. The zero-order valence-corrected chi connectivity index (χ0v) is 13.2. The zero-order valence-electron chi connectivity index (χ0n) is 12.4. The molecule has 1 aliphatic rings. The number of benzene rings is 1. The number of hydrogen-bond acceptors (Lipinski definition) is 4. The molecule has 9 heteroatoms.